The number of sulfonamides is 1. The van der Waals surface area contributed by atoms with Gasteiger partial charge in [-0.3, -0.25) is 9.52 Å². The van der Waals surface area contributed by atoms with Gasteiger partial charge in [-0.25, -0.2) is 13.5 Å². The highest BCUT2D eigenvalue weighted by atomic mass is 35.5. The fourth-order valence-corrected chi connectivity index (χ4v) is 4.65. The molecule has 0 saturated carbocycles. The number of aromatic nitrogens is 2. The molecule has 0 bridgehead atoms. The minimum atomic E-state index is -4.72. The molecule has 27 heavy (non-hydrogen) atoms. The molecule has 2 heterocycles. The van der Waals surface area contributed by atoms with Crippen molar-refractivity contribution in [2.45, 2.75) is 10.4 Å². The van der Waals surface area contributed by atoms with E-state index < -0.39 is 32.3 Å². The highest BCUT2D eigenvalue weighted by molar-refractivity contribution is 7.94. The topological polar surface area (TPSA) is 91.9 Å². The number of anilines is 1. The number of halogens is 4. The number of hydrogen-bond acceptors (Lipinski definition) is 5. The molecule has 0 aliphatic carbocycles. The number of hydrogen-bond donors (Lipinski definition) is 2. The summed E-state index contributed by atoms with van der Waals surface area (Å²) in [6.45, 7) is 0. The molecule has 0 fully saturated rings. The standard InChI is InChI=1S/C15H9ClF3N3O3S2/c16-10-2-1-8(7-9(10)15(17,18)19)22-27(24,25)14-6-4-12(26-14)11-3-5-13(23)21-20-11/h1-7,22H,(H,21,23). The van der Waals surface area contributed by atoms with E-state index in [0.717, 1.165) is 23.5 Å². The second-order valence-corrected chi connectivity index (χ2v) is 8.62. The van der Waals surface area contributed by atoms with Gasteiger partial charge in [0.15, 0.2) is 0 Å². The van der Waals surface area contributed by atoms with Crippen LogP contribution in [0.3, 0.4) is 0 Å². The first kappa shape index (κ1) is 19.4. The van der Waals surface area contributed by atoms with Gasteiger partial charge >= 0.3 is 6.18 Å². The zero-order valence-electron chi connectivity index (χ0n) is 13.0. The zero-order chi connectivity index (χ0) is 19.8. The first-order chi connectivity index (χ1) is 12.6. The molecule has 3 rings (SSSR count). The quantitative estimate of drug-likeness (QED) is 0.648. The van der Waals surface area contributed by atoms with Crippen LogP contribution in [0.25, 0.3) is 10.6 Å². The van der Waals surface area contributed by atoms with Crippen molar-refractivity contribution < 1.29 is 21.6 Å². The van der Waals surface area contributed by atoms with Crippen molar-refractivity contribution in [1.82, 2.24) is 10.2 Å². The Labute approximate surface area is 159 Å². The van der Waals surface area contributed by atoms with E-state index in [1.807, 2.05) is 0 Å². The van der Waals surface area contributed by atoms with Gasteiger partial charge in [-0.05, 0) is 36.4 Å². The van der Waals surface area contributed by atoms with Crippen LogP contribution in [0.2, 0.25) is 5.02 Å². The average Bonchev–Trinajstić information content (AvgIpc) is 3.07. The lowest BCUT2D eigenvalue weighted by Gasteiger charge is -2.12. The van der Waals surface area contributed by atoms with Gasteiger partial charge in [0, 0.05) is 11.8 Å². The molecule has 3 aromatic rings. The van der Waals surface area contributed by atoms with Crippen LogP contribution < -0.4 is 10.3 Å². The number of alkyl halides is 3. The minimum absolute atomic E-state index is 0.131. The lowest BCUT2D eigenvalue weighted by molar-refractivity contribution is -0.137. The van der Waals surface area contributed by atoms with E-state index in [1.54, 1.807) is 0 Å². The number of thiophene rings is 1. The summed E-state index contributed by atoms with van der Waals surface area (Å²) in [4.78, 5) is 11.5. The summed E-state index contributed by atoms with van der Waals surface area (Å²) in [5, 5.41) is 5.49. The lowest BCUT2D eigenvalue weighted by atomic mass is 10.2. The summed E-state index contributed by atoms with van der Waals surface area (Å²) >= 11 is 6.37. The van der Waals surface area contributed by atoms with E-state index >= 15 is 0 Å². The number of nitrogens with one attached hydrogen (secondary N) is 2. The number of nitrogens with zero attached hydrogens (tertiary/aromatic N) is 1. The summed E-state index contributed by atoms with van der Waals surface area (Å²) in [7, 11) is -4.13. The fraction of sp³-hybridized carbons (Fsp3) is 0.0667. The Balaban J connectivity index is 1.90. The normalized spacial score (nSPS) is 12.1. The second-order valence-electron chi connectivity index (χ2n) is 5.22. The van der Waals surface area contributed by atoms with Gasteiger partial charge in [0.2, 0.25) is 0 Å². The van der Waals surface area contributed by atoms with Gasteiger partial charge in [0.1, 0.15) is 9.90 Å². The first-order valence-corrected chi connectivity index (χ1v) is 9.79. The molecule has 0 aliphatic rings. The van der Waals surface area contributed by atoms with Crippen LogP contribution in [0.4, 0.5) is 18.9 Å². The number of H-pyrrole nitrogens is 1. The van der Waals surface area contributed by atoms with Gasteiger partial charge in [-0.15, -0.1) is 11.3 Å². The molecule has 0 saturated heterocycles. The number of aromatic amines is 1. The van der Waals surface area contributed by atoms with Crippen LogP contribution >= 0.6 is 22.9 Å². The summed E-state index contributed by atoms with van der Waals surface area (Å²) < 4.78 is 65.6. The minimum Gasteiger partial charge on any atom is -0.279 e. The molecular weight excluding hydrogens is 427 g/mol. The SMILES string of the molecule is O=c1ccc(-c2ccc(S(=O)(=O)Nc3ccc(Cl)c(C(F)(F)F)c3)s2)n[nH]1. The summed E-state index contributed by atoms with van der Waals surface area (Å²) in [5.41, 5.74) is -1.47. The predicted molar refractivity (Wildman–Crippen MR) is 95.4 cm³/mol. The Morgan fingerprint density at radius 2 is 1.85 bits per heavy atom. The molecule has 1 aromatic carbocycles. The van der Waals surface area contributed by atoms with Crippen LogP contribution in [-0.2, 0) is 16.2 Å². The lowest BCUT2D eigenvalue weighted by Crippen LogP contribution is -2.13. The van der Waals surface area contributed by atoms with Crippen molar-refractivity contribution in [2.24, 2.45) is 0 Å². The largest absolute Gasteiger partial charge is 0.417 e. The Bertz CT molecular complexity index is 1140. The number of rotatable bonds is 4. The van der Waals surface area contributed by atoms with Gasteiger partial charge < -0.3 is 0 Å². The second kappa shape index (κ2) is 6.98. The predicted octanol–water partition coefficient (Wildman–Crippen LogP) is 3.97. The van der Waals surface area contributed by atoms with Crippen LogP contribution in [-0.4, -0.2) is 18.6 Å². The maximum absolute atomic E-state index is 12.9. The van der Waals surface area contributed by atoms with Crippen LogP contribution in [0.1, 0.15) is 5.56 Å². The third kappa shape index (κ3) is 4.31. The molecule has 2 N–H and O–H groups in total. The van der Waals surface area contributed by atoms with Gasteiger partial charge in [-0.1, -0.05) is 11.6 Å². The van der Waals surface area contributed by atoms with E-state index in [0.29, 0.717) is 16.6 Å². The molecule has 2 aromatic heterocycles. The maximum Gasteiger partial charge on any atom is 0.417 e. The molecule has 142 valence electrons. The highest BCUT2D eigenvalue weighted by Crippen LogP contribution is 2.37. The Hall–Kier alpha value is -2.37. The summed E-state index contributed by atoms with van der Waals surface area (Å²) in [6, 6.07) is 8.14. The molecule has 0 unspecified atom stereocenters. The van der Waals surface area contributed by atoms with Crippen LogP contribution in [0, 0.1) is 0 Å². The smallest absolute Gasteiger partial charge is 0.279 e. The fourth-order valence-electron chi connectivity index (χ4n) is 2.10. The molecular formula is C15H9ClF3N3O3S2. The monoisotopic (exact) mass is 435 g/mol. The molecule has 0 aliphatic heterocycles. The third-order valence-electron chi connectivity index (χ3n) is 3.30. The number of benzene rings is 1. The summed E-state index contributed by atoms with van der Waals surface area (Å²) in [5.74, 6) is 0. The zero-order valence-corrected chi connectivity index (χ0v) is 15.4. The molecule has 0 radical (unpaired) electrons. The average molecular weight is 436 g/mol. The van der Waals surface area contributed by atoms with E-state index in [2.05, 4.69) is 14.9 Å². The third-order valence-corrected chi connectivity index (χ3v) is 6.61. The Morgan fingerprint density at radius 3 is 2.48 bits per heavy atom. The van der Waals surface area contributed by atoms with Crippen molar-refractivity contribution in [3.05, 3.63) is 63.4 Å². The highest BCUT2D eigenvalue weighted by Gasteiger charge is 2.33. The maximum atomic E-state index is 12.9. The molecule has 0 amide bonds. The van der Waals surface area contributed by atoms with Crippen LogP contribution in [0.5, 0.6) is 0 Å². The summed E-state index contributed by atoms with van der Waals surface area (Å²) in [6.07, 6.45) is -4.72. The van der Waals surface area contributed by atoms with Gasteiger partial charge in [0.25, 0.3) is 15.6 Å². The first-order valence-electron chi connectivity index (χ1n) is 7.12. The molecule has 0 spiro atoms. The Kier molecular flexibility index (Phi) is 5.02. The molecule has 12 heteroatoms. The van der Waals surface area contributed by atoms with Gasteiger partial charge in [-0.2, -0.15) is 18.3 Å². The van der Waals surface area contributed by atoms with E-state index in [9.17, 15) is 26.4 Å². The van der Waals surface area contributed by atoms with E-state index in [1.165, 1.54) is 24.3 Å². The molecule has 0 atom stereocenters. The molecule has 6 nitrogen and oxygen atoms in total. The van der Waals surface area contributed by atoms with Crippen molar-refractivity contribution >= 4 is 38.6 Å². The van der Waals surface area contributed by atoms with E-state index in [-0.39, 0.29) is 9.90 Å². The van der Waals surface area contributed by atoms with Crippen LogP contribution in [0.15, 0.2) is 51.5 Å². The van der Waals surface area contributed by atoms with E-state index in [4.69, 9.17) is 11.6 Å². The van der Waals surface area contributed by atoms with Crippen molar-refractivity contribution in [3.63, 3.8) is 0 Å². The van der Waals surface area contributed by atoms with Gasteiger partial charge in [0.05, 0.1) is 15.5 Å². The van der Waals surface area contributed by atoms with Crippen molar-refractivity contribution in [3.8, 4) is 10.6 Å². The Morgan fingerprint density at radius 1 is 1.11 bits per heavy atom. The van der Waals surface area contributed by atoms with Crippen molar-refractivity contribution in [2.75, 3.05) is 4.72 Å². The van der Waals surface area contributed by atoms with Crippen molar-refractivity contribution in [1.29, 1.82) is 0 Å².